The molecule has 1 nitrogen and oxygen atoms in total. The van der Waals surface area contributed by atoms with Crippen LogP contribution in [0.4, 0.5) is 0 Å². The average Bonchev–Trinajstić information content (AvgIpc) is 2.86. The highest BCUT2D eigenvalue weighted by molar-refractivity contribution is 5.85. The first kappa shape index (κ1) is 13.1. The maximum absolute atomic E-state index is 12.5. The molecule has 1 spiro atoms. The van der Waals surface area contributed by atoms with Crippen LogP contribution < -0.4 is 0 Å². The van der Waals surface area contributed by atoms with Crippen LogP contribution in [0, 0.1) is 45.3 Å². The summed E-state index contributed by atoms with van der Waals surface area (Å²) in [6.45, 7) is 9.66. The number of rotatable bonds is 0. The Balaban J connectivity index is 1.57. The first-order chi connectivity index (χ1) is 9.74. The van der Waals surface area contributed by atoms with Crippen molar-refractivity contribution in [3.63, 3.8) is 0 Å². The first-order valence-corrected chi connectivity index (χ1v) is 9.27. The monoisotopic (exact) mass is 286 g/mol. The van der Waals surface area contributed by atoms with Gasteiger partial charge in [0.1, 0.15) is 5.78 Å². The molecule has 0 saturated heterocycles. The van der Waals surface area contributed by atoms with Gasteiger partial charge in [-0.3, -0.25) is 4.79 Å². The van der Waals surface area contributed by atoms with Crippen LogP contribution in [0.2, 0.25) is 0 Å². The van der Waals surface area contributed by atoms with Crippen LogP contribution in [-0.4, -0.2) is 5.78 Å². The van der Waals surface area contributed by atoms with Gasteiger partial charge in [-0.15, -0.1) is 0 Å². The molecule has 0 aliphatic heterocycles. The van der Waals surface area contributed by atoms with E-state index in [2.05, 4.69) is 27.7 Å². The minimum absolute atomic E-state index is 0.0674. The first-order valence-electron chi connectivity index (χ1n) is 9.27. The Morgan fingerprint density at radius 1 is 0.952 bits per heavy atom. The molecule has 6 aliphatic carbocycles. The lowest BCUT2D eigenvalue weighted by atomic mass is 9.39. The second-order valence-corrected chi connectivity index (χ2v) is 10.5. The molecule has 0 aromatic heterocycles. The van der Waals surface area contributed by atoms with Gasteiger partial charge in [0.2, 0.25) is 0 Å². The van der Waals surface area contributed by atoms with Crippen molar-refractivity contribution in [3.05, 3.63) is 0 Å². The van der Waals surface area contributed by atoms with Gasteiger partial charge in [-0.25, -0.2) is 0 Å². The lowest BCUT2D eigenvalue weighted by molar-refractivity contribution is -0.172. The van der Waals surface area contributed by atoms with E-state index < -0.39 is 0 Å². The van der Waals surface area contributed by atoms with Crippen molar-refractivity contribution in [2.24, 2.45) is 45.3 Å². The summed E-state index contributed by atoms with van der Waals surface area (Å²) in [5, 5.41) is 0. The van der Waals surface area contributed by atoms with Crippen molar-refractivity contribution in [2.75, 3.05) is 0 Å². The Bertz CT molecular complexity index is 548. The molecule has 21 heavy (non-hydrogen) atoms. The van der Waals surface area contributed by atoms with Gasteiger partial charge in [-0.1, -0.05) is 27.7 Å². The molecule has 5 unspecified atom stereocenters. The molecule has 1 heteroatoms. The van der Waals surface area contributed by atoms with Crippen LogP contribution >= 0.6 is 0 Å². The topological polar surface area (TPSA) is 17.1 Å². The molecule has 7 atom stereocenters. The molecule has 0 heterocycles. The number of ketones is 1. The Morgan fingerprint density at radius 2 is 1.71 bits per heavy atom. The Hall–Kier alpha value is -0.330. The van der Waals surface area contributed by atoms with Gasteiger partial charge in [0, 0.05) is 11.8 Å². The smallest absolute Gasteiger partial charge is 0.138 e. The van der Waals surface area contributed by atoms with E-state index in [0.717, 1.165) is 29.6 Å². The predicted molar refractivity (Wildman–Crippen MR) is 83.7 cm³/mol. The minimum atomic E-state index is -0.0674. The van der Waals surface area contributed by atoms with E-state index in [0.29, 0.717) is 22.5 Å². The molecule has 116 valence electrons. The summed E-state index contributed by atoms with van der Waals surface area (Å²) in [4.78, 5) is 12.5. The zero-order chi connectivity index (χ0) is 14.8. The number of fused-ring (bicyclic) bond motifs is 1. The van der Waals surface area contributed by atoms with E-state index in [1.54, 1.807) is 0 Å². The zero-order valence-corrected chi connectivity index (χ0v) is 14.2. The number of hydrogen-bond acceptors (Lipinski definition) is 1. The van der Waals surface area contributed by atoms with Crippen molar-refractivity contribution in [1.29, 1.82) is 0 Å². The summed E-state index contributed by atoms with van der Waals surface area (Å²) in [7, 11) is 0. The summed E-state index contributed by atoms with van der Waals surface area (Å²) in [6, 6.07) is 0. The van der Waals surface area contributed by atoms with Gasteiger partial charge < -0.3 is 0 Å². The number of carbonyl (C=O) groups is 1. The molecule has 0 radical (unpaired) electrons. The van der Waals surface area contributed by atoms with Crippen molar-refractivity contribution in [1.82, 2.24) is 0 Å². The largest absolute Gasteiger partial charge is 0.299 e. The summed E-state index contributed by atoms with van der Waals surface area (Å²) in [5.41, 5.74) is 1.79. The summed E-state index contributed by atoms with van der Waals surface area (Å²) >= 11 is 0. The van der Waals surface area contributed by atoms with Crippen LogP contribution in [0.3, 0.4) is 0 Å². The standard InChI is InChI=1S/C20H30O/c1-17(2)14-5-8-20-10-13-12(19(13,4)11-20)9-15(20)18(14,3)7-6-16(17)21/h12-15H,5-11H2,1-4H3/t12-,13?,14?,15?,18+,19?,20?/m1/s1. The third-order valence-electron chi connectivity index (χ3n) is 9.66. The fraction of sp³-hybridized carbons (Fsp3) is 0.950. The lowest BCUT2D eigenvalue weighted by Crippen LogP contribution is -2.59. The molecule has 6 aliphatic rings. The molecule has 0 aromatic rings. The van der Waals surface area contributed by atoms with Crippen molar-refractivity contribution in [3.8, 4) is 0 Å². The molecular formula is C20H30O. The summed E-state index contributed by atoms with van der Waals surface area (Å²) in [6.07, 6.45) is 9.33. The highest BCUT2D eigenvalue weighted by Gasteiger charge is 2.78. The second-order valence-electron chi connectivity index (χ2n) is 10.5. The van der Waals surface area contributed by atoms with Crippen molar-refractivity contribution in [2.45, 2.75) is 72.6 Å². The molecule has 0 amide bonds. The molecular weight excluding hydrogens is 256 g/mol. The molecule has 6 rings (SSSR count). The lowest BCUT2D eigenvalue weighted by Gasteiger charge is -2.64. The van der Waals surface area contributed by atoms with E-state index in [-0.39, 0.29) is 5.41 Å². The van der Waals surface area contributed by atoms with Gasteiger partial charge in [0.25, 0.3) is 0 Å². The molecule has 0 N–H and O–H groups in total. The van der Waals surface area contributed by atoms with Crippen molar-refractivity contribution < 1.29 is 4.79 Å². The van der Waals surface area contributed by atoms with E-state index >= 15 is 0 Å². The molecule has 6 fully saturated rings. The van der Waals surface area contributed by atoms with Gasteiger partial charge in [-0.2, -0.15) is 0 Å². The fourth-order valence-corrected chi connectivity index (χ4v) is 8.64. The highest BCUT2D eigenvalue weighted by Crippen LogP contribution is 2.85. The third-order valence-corrected chi connectivity index (χ3v) is 9.66. The van der Waals surface area contributed by atoms with Crippen LogP contribution in [0.5, 0.6) is 0 Å². The van der Waals surface area contributed by atoms with E-state index in [1.807, 2.05) is 0 Å². The van der Waals surface area contributed by atoms with Gasteiger partial charge in [-0.05, 0) is 78.4 Å². The van der Waals surface area contributed by atoms with Crippen LogP contribution in [-0.2, 0) is 4.79 Å². The normalized spacial score (nSPS) is 63.0. The maximum Gasteiger partial charge on any atom is 0.138 e. The summed E-state index contributed by atoms with van der Waals surface area (Å²) < 4.78 is 0. The Labute approximate surface area is 129 Å². The third kappa shape index (κ3) is 1.23. The number of hydrogen-bond donors (Lipinski definition) is 0. The molecule has 4 bridgehead atoms. The zero-order valence-electron chi connectivity index (χ0n) is 14.2. The van der Waals surface area contributed by atoms with Crippen molar-refractivity contribution >= 4 is 5.78 Å². The Morgan fingerprint density at radius 3 is 2.38 bits per heavy atom. The number of carbonyl (C=O) groups excluding carboxylic acids is 1. The SMILES string of the molecule is CC1(C)C(=O)CC[C@]2(C)C3C[C@@H]4C5CC3(CCC12)CC54C. The highest BCUT2D eigenvalue weighted by atomic mass is 16.1. The average molecular weight is 286 g/mol. The van der Waals surface area contributed by atoms with E-state index in [4.69, 9.17) is 0 Å². The van der Waals surface area contributed by atoms with Gasteiger partial charge in [0.05, 0.1) is 0 Å². The van der Waals surface area contributed by atoms with E-state index in [1.165, 1.54) is 38.5 Å². The number of Topliss-reactive ketones (excluding diaryl/α,β-unsaturated/α-hetero) is 1. The minimum Gasteiger partial charge on any atom is -0.299 e. The van der Waals surface area contributed by atoms with Crippen LogP contribution in [0.25, 0.3) is 0 Å². The van der Waals surface area contributed by atoms with Gasteiger partial charge in [0.15, 0.2) is 0 Å². The second kappa shape index (κ2) is 3.29. The van der Waals surface area contributed by atoms with E-state index in [9.17, 15) is 4.79 Å². The van der Waals surface area contributed by atoms with Gasteiger partial charge >= 0.3 is 0 Å². The summed E-state index contributed by atoms with van der Waals surface area (Å²) in [5.74, 6) is 4.23. The molecule has 0 aromatic carbocycles. The fourth-order valence-electron chi connectivity index (χ4n) is 8.64. The molecule has 6 saturated carbocycles. The Kier molecular flexibility index (Phi) is 2.06. The predicted octanol–water partition coefficient (Wildman–Crippen LogP) is 4.84. The van der Waals surface area contributed by atoms with Crippen LogP contribution in [0.1, 0.15) is 72.6 Å². The van der Waals surface area contributed by atoms with Crippen LogP contribution in [0.15, 0.2) is 0 Å². The quantitative estimate of drug-likeness (QED) is 0.622. The maximum atomic E-state index is 12.5.